The zero-order valence-corrected chi connectivity index (χ0v) is 45.8. The molecule has 1 unspecified atom stereocenters. The lowest BCUT2D eigenvalue weighted by atomic mass is 10.1. The van der Waals surface area contributed by atoms with Crippen LogP contribution >= 0.6 is 0 Å². The molecule has 0 saturated heterocycles. The van der Waals surface area contributed by atoms with Gasteiger partial charge in [0.2, 0.25) is 0 Å². The van der Waals surface area contributed by atoms with E-state index < -0.39 is 6.10 Å². The van der Waals surface area contributed by atoms with Gasteiger partial charge in [0.1, 0.15) is 13.2 Å². The third-order valence-corrected chi connectivity index (χ3v) is 12.3. The molecule has 0 bridgehead atoms. The summed E-state index contributed by atoms with van der Waals surface area (Å²) in [5.74, 6) is -0.978. The number of carbonyl (C=O) groups excluding carboxylic acids is 3. The summed E-state index contributed by atoms with van der Waals surface area (Å²) >= 11 is 0. The highest BCUT2D eigenvalue weighted by molar-refractivity contribution is 5.71. The molecule has 0 spiro atoms. The summed E-state index contributed by atoms with van der Waals surface area (Å²) < 4.78 is 16.8. The largest absolute Gasteiger partial charge is 0.462 e. The Kier molecular flexibility index (Phi) is 54.9. The lowest BCUT2D eigenvalue weighted by Gasteiger charge is -2.18. The van der Waals surface area contributed by atoms with Crippen LogP contribution in [0.25, 0.3) is 0 Å². The van der Waals surface area contributed by atoms with Crippen molar-refractivity contribution in [3.63, 3.8) is 0 Å². The smallest absolute Gasteiger partial charge is 0.306 e. The second kappa shape index (κ2) is 57.9. The Labute approximate surface area is 432 Å². The summed E-state index contributed by atoms with van der Waals surface area (Å²) in [6.07, 6.45) is 76.9. The van der Waals surface area contributed by atoms with Gasteiger partial charge in [-0.3, -0.25) is 14.4 Å². The topological polar surface area (TPSA) is 78.9 Å². The number of hydrogen-bond acceptors (Lipinski definition) is 6. The number of allylic oxidation sites excluding steroid dienone is 16. The van der Waals surface area contributed by atoms with Crippen molar-refractivity contribution in [1.29, 1.82) is 0 Å². The Morgan fingerprint density at radius 2 is 0.571 bits per heavy atom. The molecular weight excluding hydrogens is 865 g/mol. The maximum Gasteiger partial charge on any atom is 0.306 e. The van der Waals surface area contributed by atoms with Crippen molar-refractivity contribution in [3.8, 4) is 0 Å². The van der Waals surface area contributed by atoms with Crippen molar-refractivity contribution in [3.05, 3.63) is 97.2 Å². The van der Waals surface area contributed by atoms with Crippen molar-refractivity contribution < 1.29 is 28.6 Å². The molecule has 0 aromatic heterocycles. The lowest BCUT2D eigenvalue weighted by molar-refractivity contribution is -0.167. The van der Waals surface area contributed by atoms with Gasteiger partial charge in [0.15, 0.2) is 6.10 Å². The Bertz CT molecular complexity index is 1400. The standard InChI is InChI=1S/C64H108O6/c1-4-7-10-13-16-19-22-25-28-31-32-34-36-39-42-45-48-51-54-57-63(66)69-60-61(59-68-62(65)56-53-50-47-44-41-38-35-30-27-24-21-18-15-12-9-6-3)70-64(67)58-55-52-49-46-43-40-37-33-29-26-23-20-17-14-11-8-5-2/h7,10,16,19,25-26,28-30,32,34-35,37,40,46,49,61H,4-6,8-9,11-15,17-18,20-24,27,31,33,36,38-39,41-45,47-48,50-60H2,1-3H3/b10-7-,19-16-,28-25-,29-26-,34-32-,35-30-,40-37-,49-46-. The minimum atomic E-state index is -0.815. The average Bonchev–Trinajstić information content (AvgIpc) is 3.36. The highest BCUT2D eigenvalue weighted by atomic mass is 16.6. The number of hydrogen-bond donors (Lipinski definition) is 0. The van der Waals surface area contributed by atoms with Crippen molar-refractivity contribution in [2.75, 3.05) is 13.2 Å². The molecule has 0 fully saturated rings. The van der Waals surface area contributed by atoms with Gasteiger partial charge in [-0.15, -0.1) is 0 Å². The van der Waals surface area contributed by atoms with E-state index in [2.05, 4.69) is 118 Å². The molecule has 0 aromatic rings. The Morgan fingerprint density at radius 1 is 0.300 bits per heavy atom. The van der Waals surface area contributed by atoms with Crippen LogP contribution in [0.4, 0.5) is 0 Å². The van der Waals surface area contributed by atoms with E-state index in [1.807, 2.05) is 0 Å². The van der Waals surface area contributed by atoms with Gasteiger partial charge in [-0.05, 0) is 116 Å². The molecule has 0 aliphatic carbocycles. The van der Waals surface area contributed by atoms with E-state index in [1.165, 1.54) is 116 Å². The molecule has 0 radical (unpaired) electrons. The van der Waals surface area contributed by atoms with E-state index in [-0.39, 0.29) is 37.5 Å². The fourth-order valence-corrected chi connectivity index (χ4v) is 7.91. The SMILES string of the molecule is CC/C=C\C/C=C\C/C=C\C/C=C\CCCCCCCCC(=O)OCC(COC(=O)CCCCCCC/C=C\CCCCCCCCC)OC(=O)CCC/C=C\C/C=C\C/C=C\CCCCCCCC. The summed E-state index contributed by atoms with van der Waals surface area (Å²) in [7, 11) is 0. The second-order valence-corrected chi connectivity index (χ2v) is 19.2. The van der Waals surface area contributed by atoms with Crippen molar-refractivity contribution in [2.24, 2.45) is 0 Å². The van der Waals surface area contributed by atoms with Crippen LogP contribution in [0.1, 0.15) is 271 Å². The average molecular weight is 974 g/mol. The van der Waals surface area contributed by atoms with Crippen LogP contribution in [-0.2, 0) is 28.6 Å². The second-order valence-electron chi connectivity index (χ2n) is 19.2. The van der Waals surface area contributed by atoms with E-state index >= 15 is 0 Å². The first-order valence-electron chi connectivity index (χ1n) is 29.2. The predicted octanol–water partition coefficient (Wildman–Crippen LogP) is 19.7. The van der Waals surface area contributed by atoms with Gasteiger partial charge in [0.05, 0.1) is 0 Å². The third kappa shape index (κ3) is 55.3. The molecule has 0 aliphatic rings. The van der Waals surface area contributed by atoms with Gasteiger partial charge in [-0.25, -0.2) is 0 Å². The van der Waals surface area contributed by atoms with Crippen molar-refractivity contribution in [2.45, 2.75) is 277 Å². The number of unbranched alkanes of at least 4 members (excludes halogenated alkanes) is 25. The normalized spacial score (nSPS) is 12.8. The fourth-order valence-electron chi connectivity index (χ4n) is 7.91. The fraction of sp³-hybridized carbons (Fsp3) is 0.703. The van der Waals surface area contributed by atoms with Gasteiger partial charge in [-0.1, -0.05) is 234 Å². The Balaban J connectivity index is 4.50. The van der Waals surface area contributed by atoms with Gasteiger partial charge in [0, 0.05) is 19.3 Å². The molecule has 0 rings (SSSR count). The molecule has 0 heterocycles. The molecule has 0 aliphatic heterocycles. The minimum Gasteiger partial charge on any atom is -0.462 e. The Hall–Kier alpha value is -3.67. The zero-order chi connectivity index (χ0) is 50.7. The van der Waals surface area contributed by atoms with Crippen LogP contribution < -0.4 is 0 Å². The van der Waals surface area contributed by atoms with Crippen LogP contribution in [0, 0.1) is 0 Å². The molecule has 1 atom stereocenters. The maximum absolute atomic E-state index is 12.8. The molecular formula is C64H108O6. The molecule has 6 heteroatoms. The van der Waals surface area contributed by atoms with E-state index in [0.29, 0.717) is 19.3 Å². The van der Waals surface area contributed by atoms with E-state index in [1.54, 1.807) is 0 Å². The quantitative estimate of drug-likeness (QED) is 0.0262. The van der Waals surface area contributed by atoms with Crippen LogP contribution in [0.3, 0.4) is 0 Å². The molecule has 0 N–H and O–H groups in total. The van der Waals surface area contributed by atoms with Crippen molar-refractivity contribution in [1.82, 2.24) is 0 Å². The summed E-state index contributed by atoms with van der Waals surface area (Å²) in [6, 6.07) is 0. The van der Waals surface area contributed by atoms with E-state index in [0.717, 1.165) is 109 Å². The van der Waals surface area contributed by atoms with Crippen molar-refractivity contribution >= 4 is 17.9 Å². The van der Waals surface area contributed by atoms with Gasteiger partial charge < -0.3 is 14.2 Å². The first-order chi connectivity index (χ1) is 34.5. The van der Waals surface area contributed by atoms with Crippen LogP contribution in [-0.4, -0.2) is 37.2 Å². The lowest BCUT2D eigenvalue weighted by Crippen LogP contribution is -2.30. The number of esters is 3. The van der Waals surface area contributed by atoms with Crippen LogP contribution in [0.15, 0.2) is 97.2 Å². The Morgan fingerprint density at radius 3 is 0.929 bits per heavy atom. The number of carbonyl (C=O) groups is 3. The highest BCUT2D eigenvalue weighted by Crippen LogP contribution is 2.14. The minimum absolute atomic E-state index is 0.107. The maximum atomic E-state index is 12.8. The zero-order valence-electron chi connectivity index (χ0n) is 45.8. The molecule has 6 nitrogen and oxygen atoms in total. The third-order valence-electron chi connectivity index (χ3n) is 12.3. The summed E-state index contributed by atoms with van der Waals surface area (Å²) in [5, 5.41) is 0. The number of ether oxygens (including phenoxy) is 3. The molecule has 0 amide bonds. The summed E-state index contributed by atoms with van der Waals surface area (Å²) in [4.78, 5) is 38.2. The molecule has 0 aromatic carbocycles. The highest BCUT2D eigenvalue weighted by Gasteiger charge is 2.19. The van der Waals surface area contributed by atoms with Gasteiger partial charge >= 0.3 is 17.9 Å². The van der Waals surface area contributed by atoms with Gasteiger partial charge in [0.25, 0.3) is 0 Å². The summed E-state index contributed by atoms with van der Waals surface area (Å²) in [6.45, 7) is 6.47. The molecule has 70 heavy (non-hydrogen) atoms. The predicted molar refractivity (Wildman–Crippen MR) is 302 cm³/mol. The molecule has 400 valence electrons. The monoisotopic (exact) mass is 973 g/mol. The van der Waals surface area contributed by atoms with Crippen LogP contribution in [0.2, 0.25) is 0 Å². The van der Waals surface area contributed by atoms with Crippen LogP contribution in [0.5, 0.6) is 0 Å². The first kappa shape index (κ1) is 66.3. The van der Waals surface area contributed by atoms with E-state index in [4.69, 9.17) is 14.2 Å². The van der Waals surface area contributed by atoms with E-state index in [9.17, 15) is 14.4 Å². The molecule has 0 saturated carbocycles. The van der Waals surface area contributed by atoms with Gasteiger partial charge in [-0.2, -0.15) is 0 Å². The first-order valence-corrected chi connectivity index (χ1v) is 29.2. The number of rotatable bonds is 52. The summed E-state index contributed by atoms with van der Waals surface area (Å²) in [5.41, 5.74) is 0.